The number of amides is 1. The maximum atomic E-state index is 13.6. The van der Waals surface area contributed by atoms with Crippen molar-refractivity contribution in [2.75, 3.05) is 90.9 Å². The molecule has 1 N–H and O–H groups in total. The Hall–Kier alpha value is -2.80. The molecule has 2 saturated heterocycles. The lowest BCUT2D eigenvalue weighted by atomic mass is 9.63. The van der Waals surface area contributed by atoms with Gasteiger partial charge in [-0.3, -0.25) is 19.3 Å². The average Bonchev–Trinajstić information content (AvgIpc) is 3.56. The Morgan fingerprint density at radius 3 is 2.48 bits per heavy atom. The first-order valence-electron chi connectivity index (χ1n) is 20.4. The van der Waals surface area contributed by atoms with Crippen molar-refractivity contribution in [2.24, 2.45) is 17.8 Å². The summed E-state index contributed by atoms with van der Waals surface area (Å²) in [4.78, 5) is 21.2. The average molecular weight is 763 g/mol. The largest absolute Gasteiger partial charge is 0.491 e. The standard InChI is InChI=1S/C43H62N4O6S/c1-5-9-33-11-6-7-12-38(33)36-26-47-25-35-13-15-39(35)43(50-4,30-45-18-20-46(21-19-45)37-28-51-22-23-52-29-37)17-8-10-31(2)32(3)54(49)44-42(48)34-14-16-41(53-27-36)40(47)24-34/h6-8,11-12,14,16-17,24,31-32,35-37,39H,5,9-10,13,15,18-23,25-30H2,1-4H3,(H,44,48)/b17-8+. The van der Waals surface area contributed by atoms with Crippen LogP contribution < -0.4 is 14.4 Å². The number of methoxy groups -OCH3 is 1. The molecule has 4 heterocycles. The SMILES string of the molecule is CCCc1ccccc1C1COc2ccc3cc2N(C1)CC1CCC1C(CN1CCN(C2COCCOC2)CC1)(OC)/C=C/CC(C)C(C)S(=O)NC3=O. The number of hydrogen-bond donors (Lipinski definition) is 1. The summed E-state index contributed by atoms with van der Waals surface area (Å²) in [6, 6.07) is 14.8. The normalized spacial score (nSPS) is 32.7. The predicted octanol–water partition coefficient (Wildman–Crippen LogP) is 5.44. The van der Waals surface area contributed by atoms with Crippen molar-refractivity contribution in [1.29, 1.82) is 0 Å². The smallest absolute Gasteiger partial charge is 0.263 e. The fourth-order valence-electron chi connectivity index (χ4n) is 9.30. The molecule has 0 radical (unpaired) electrons. The third-order valence-corrected chi connectivity index (χ3v) is 14.5. The van der Waals surface area contributed by atoms with Crippen LogP contribution >= 0.6 is 0 Å². The number of benzene rings is 2. The fourth-order valence-corrected chi connectivity index (χ4v) is 10.3. The summed E-state index contributed by atoms with van der Waals surface area (Å²) < 4.78 is 41.4. The van der Waals surface area contributed by atoms with Gasteiger partial charge in [0.05, 0.1) is 50.0 Å². The van der Waals surface area contributed by atoms with Gasteiger partial charge in [-0.15, -0.1) is 0 Å². The maximum absolute atomic E-state index is 13.6. The zero-order chi connectivity index (χ0) is 37.7. The van der Waals surface area contributed by atoms with Crippen LogP contribution in [-0.4, -0.2) is 123 Å². The molecule has 296 valence electrons. The lowest BCUT2D eigenvalue weighted by Crippen LogP contribution is -2.60. The van der Waals surface area contributed by atoms with Crippen molar-refractivity contribution in [3.63, 3.8) is 0 Å². The van der Waals surface area contributed by atoms with Gasteiger partial charge in [-0.25, -0.2) is 4.21 Å². The van der Waals surface area contributed by atoms with E-state index in [1.807, 2.05) is 32.2 Å². The monoisotopic (exact) mass is 762 g/mol. The Labute approximate surface area is 325 Å². The second kappa shape index (κ2) is 18.0. The molecule has 1 amide bonds. The molecule has 7 unspecified atom stereocenters. The summed E-state index contributed by atoms with van der Waals surface area (Å²) in [5.74, 6) is 1.46. The van der Waals surface area contributed by atoms with Crippen LogP contribution in [0.2, 0.25) is 0 Å². The van der Waals surface area contributed by atoms with Gasteiger partial charge >= 0.3 is 0 Å². The van der Waals surface area contributed by atoms with Crippen molar-refractivity contribution in [2.45, 2.75) is 75.7 Å². The Morgan fingerprint density at radius 1 is 0.981 bits per heavy atom. The minimum absolute atomic E-state index is 0.0954. The predicted molar refractivity (Wildman–Crippen MR) is 215 cm³/mol. The van der Waals surface area contributed by atoms with E-state index in [2.05, 4.69) is 69.7 Å². The van der Waals surface area contributed by atoms with Gasteiger partial charge in [0.25, 0.3) is 5.91 Å². The minimum Gasteiger partial charge on any atom is -0.491 e. The first kappa shape index (κ1) is 39.4. The number of rotatable bonds is 7. The van der Waals surface area contributed by atoms with Gasteiger partial charge in [0.15, 0.2) is 0 Å². The molecule has 4 aliphatic heterocycles. The lowest BCUT2D eigenvalue weighted by Gasteiger charge is -2.52. The number of nitrogens with zero attached hydrogens (tertiary/aromatic N) is 3. The summed E-state index contributed by atoms with van der Waals surface area (Å²) in [5, 5.41) is -0.227. The number of anilines is 1. The van der Waals surface area contributed by atoms with Gasteiger partial charge in [0.2, 0.25) is 0 Å². The topological polar surface area (TPSA) is 92.8 Å². The number of ether oxygens (including phenoxy) is 4. The van der Waals surface area contributed by atoms with E-state index in [9.17, 15) is 9.00 Å². The summed E-state index contributed by atoms with van der Waals surface area (Å²) in [6.07, 6.45) is 9.70. The van der Waals surface area contributed by atoms with Crippen LogP contribution in [0.5, 0.6) is 5.75 Å². The van der Waals surface area contributed by atoms with Crippen molar-refractivity contribution in [1.82, 2.24) is 14.5 Å². The van der Waals surface area contributed by atoms with E-state index in [0.717, 1.165) is 103 Å². The van der Waals surface area contributed by atoms with Crippen molar-refractivity contribution < 1.29 is 28.0 Å². The summed E-state index contributed by atoms with van der Waals surface area (Å²) >= 11 is 0. The molecular formula is C43H62N4O6S. The molecule has 7 rings (SSSR count). The van der Waals surface area contributed by atoms with Crippen LogP contribution in [0.25, 0.3) is 0 Å². The Morgan fingerprint density at radius 2 is 1.76 bits per heavy atom. The minimum atomic E-state index is -1.54. The highest BCUT2D eigenvalue weighted by Crippen LogP contribution is 2.47. The van der Waals surface area contributed by atoms with Crippen LogP contribution in [0, 0.1) is 17.8 Å². The first-order chi connectivity index (χ1) is 26.3. The zero-order valence-electron chi connectivity index (χ0n) is 32.9. The maximum Gasteiger partial charge on any atom is 0.263 e. The van der Waals surface area contributed by atoms with Crippen LogP contribution in [0.15, 0.2) is 54.6 Å². The summed E-state index contributed by atoms with van der Waals surface area (Å²) in [5.41, 5.74) is 3.70. The van der Waals surface area contributed by atoms with Gasteiger partial charge in [0.1, 0.15) is 22.3 Å². The molecule has 1 aliphatic carbocycles. The van der Waals surface area contributed by atoms with Gasteiger partial charge < -0.3 is 23.8 Å². The molecule has 3 fully saturated rings. The van der Waals surface area contributed by atoms with E-state index in [4.69, 9.17) is 18.9 Å². The quantitative estimate of drug-likeness (QED) is 0.371. The molecule has 10 nitrogen and oxygen atoms in total. The number of piperazine rings is 1. The highest BCUT2D eigenvalue weighted by Gasteiger charge is 2.49. The van der Waals surface area contributed by atoms with Crippen LogP contribution in [0.3, 0.4) is 0 Å². The molecule has 0 spiro atoms. The number of nitrogens with one attached hydrogen (secondary N) is 1. The summed E-state index contributed by atoms with van der Waals surface area (Å²) in [6.45, 7) is 16.1. The summed E-state index contributed by atoms with van der Waals surface area (Å²) in [7, 11) is 0.353. The number of carbonyl (C=O) groups excluding carboxylic acids is 1. The molecule has 1 saturated carbocycles. The van der Waals surface area contributed by atoms with Crippen LogP contribution in [-0.2, 0) is 31.6 Å². The van der Waals surface area contributed by atoms with Crippen molar-refractivity contribution >= 4 is 22.6 Å². The third kappa shape index (κ3) is 8.76. The fraction of sp³-hybridized carbons (Fsp3) is 0.651. The number of allylic oxidation sites excluding steroid dienone is 1. The van der Waals surface area contributed by atoms with E-state index in [1.165, 1.54) is 11.1 Å². The molecule has 11 heteroatoms. The van der Waals surface area contributed by atoms with Crippen molar-refractivity contribution in [3.8, 4) is 5.75 Å². The number of hydrogen-bond acceptors (Lipinski definition) is 9. The van der Waals surface area contributed by atoms with E-state index in [0.29, 0.717) is 43.3 Å². The highest BCUT2D eigenvalue weighted by molar-refractivity contribution is 7.84. The van der Waals surface area contributed by atoms with Gasteiger partial charge in [-0.1, -0.05) is 56.7 Å². The van der Waals surface area contributed by atoms with Crippen LogP contribution in [0.4, 0.5) is 5.69 Å². The molecule has 0 aromatic heterocycles. The van der Waals surface area contributed by atoms with Gasteiger partial charge in [-0.05, 0) is 79.7 Å². The van der Waals surface area contributed by atoms with E-state index < -0.39 is 16.6 Å². The number of carbonyl (C=O) groups is 1. The third-order valence-electron chi connectivity index (χ3n) is 13.0. The zero-order valence-corrected chi connectivity index (χ0v) is 33.7. The molecule has 54 heavy (non-hydrogen) atoms. The van der Waals surface area contributed by atoms with Gasteiger partial charge in [-0.2, -0.15) is 0 Å². The second-order valence-corrected chi connectivity index (χ2v) is 17.9. The highest BCUT2D eigenvalue weighted by atomic mass is 32.2. The van der Waals surface area contributed by atoms with Crippen molar-refractivity contribution in [3.05, 3.63) is 71.3 Å². The number of aryl methyl sites for hydroxylation is 1. The lowest BCUT2D eigenvalue weighted by molar-refractivity contribution is -0.0973. The number of fused-ring (bicyclic) bond motifs is 2. The molecule has 2 bridgehead atoms. The Balaban J connectivity index is 1.20. The Kier molecular flexibility index (Phi) is 13.1. The molecule has 7 atom stereocenters. The van der Waals surface area contributed by atoms with Gasteiger partial charge in [0, 0.05) is 64.4 Å². The molecule has 2 aromatic carbocycles. The second-order valence-electron chi connectivity index (χ2n) is 16.3. The van der Waals surface area contributed by atoms with Crippen LogP contribution in [0.1, 0.15) is 73.9 Å². The molecular weight excluding hydrogens is 701 g/mol. The molecule has 5 aliphatic rings. The van der Waals surface area contributed by atoms with E-state index >= 15 is 0 Å². The van der Waals surface area contributed by atoms with E-state index in [-0.39, 0.29) is 23.0 Å². The molecule has 2 aromatic rings. The van der Waals surface area contributed by atoms with E-state index in [1.54, 1.807) is 0 Å². The Bertz CT molecular complexity index is 1620. The first-order valence-corrected chi connectivity index (χ1v) is 21.7.